The summed E-state index contributed by atoms with van der Waals surface area (Å²) in [4.78, 5) is 11.6. The molecular weight excluding hydrogens is 409 g/mol. The van der Waals surface area contributed by atoms with E-state index in [9.17, 15) is 13.2 Å². The Morgan fingerprint density at radius 3 is 2.25 bits per heavy atom. The zero-order valence-corrected chi connectivity index (χ0v) is 17.5. The van der Waals surface area contributed by atoms with Gasteiger partial charge in [0.1, 0.15) is 9.43 Å². The van der Waals surface area contributed by atoms with Gasteiger partial charge in [-0.3, -0.25) is 4.79 Å². The van der Waals surface area contributed by atoms with Gasteiger partial charge in [-0.1, -0.05) is 49.1 Å². The molecule has 0 aromatic heterocycles. The summed E-state index contributed by atoms with van der Waals surface area (Å²) >= 11 is 7.43. The molecule has 1 aliphatic heterocycles. The molecule has 1 aromatic rings. The van der Waals surface area contributed by atoms with E-state index in [2.05, 4.69) is 0 Å². The molecule has 0 N–H and O–H groups in total. The van der Waals surface area contributed by atoms with E-state index in [0.717, 1.165) is 33.2 Å². The van der Waals surface area contributed by atoms with Crippen molar-refractivity contribution in [3.8, 4) is 0 Å². The van der Waals surface area contributed by atoms with E-state index in [1.807, 2.05) is 6.07 Å². The third kappa shape index (κ3) is 3.85. The molecule has 1 saturated heterocycles. The number of hydrogen-bond acceptors (Lipinski definition) is 8. The van der Waals surface area contributed by atoms with Gasteiger partial charge >= 0.3 is 0 Å². The quantitative estimate of drug-likeness (QED) is 0.485. The summed E-state index contributed by atoms with van der Waals surface area (Å²) in [5.74, 6) is -1.18. The van der Waals surface area contributed by atoms with Crippen LogP contribution in [0.3, 0.4) is 0 Å². The first-order valence-corrected chi connectivity index (χ1v) is 14.0. The zero-order chi connectivity index (χ0) is 18.0. The fourth-order valence-corrected chi connectivity index (χ4v) is 16.5. The molecule has 0 bridgehead atoms. The van der Waals surface area contributed by atoms with E-state index in [0.29, 0.717) is 0 Å². The Bertz CT molecular complexity index is 732. The van der Waals surface area contributed by atoms with Crippen LogP contribution in [0.15, 0.2) is 30.3 Å². The number of amides is 1. The van der Waals surface area contributed by atoms with Gasteiger partial charge in [0.15, 0.2) is 0 Å². The largest absolute Gasteiger partial charge is 0.313 e. The SMILES string of the molecule is COSP(=S)(SOC)C1C(C)C(=O)N(Cc2ccccc2)S1(=O)=O. The van der Waals surface area contributed by atoms with E-state index < -0.39 is 31.3 Å². The first-order valence-electron chi connectivity index (χ1n) is 6.91. The maximum atomic E-state index is 13.0. The molecule has 11 heteroatoms. The van der Waals surface area contributed by atoms with Crippen LogP contribution in [-0.4, -0.2) is 37.8 Å². The van der Waals surface area contributed by atoms with Crippen molar-refractivity contribution in [2.75, 3.05) is 14.2 Å². The smallest absolute Gasteiger partial charge is 0.247 e. The highest BCUT2D eigenvalue weighted by Gasteiger charge is 2.57. The van der Waals surface area contributed by atoms with E-state index >= 15 is 0 Å². The van der Waals surface area contributed by atoms with Gasteiger partial charge in [0, 0.05) is 23.3 Å². The number of nitrogens with zero attached hydrogens (tertiary/aromatic N) is 1. The average molecular weight is 428 g/mol. The fraction of sp³-hybridized carbons (Fsp3) is 0.462. The fourth-order valence-electron chi connectivity index (χ4n) is 2.52. The summed E-state index contributed by atoms with van der Waals surface area (Å²) in [6.07, 6.45) is 0. The van der Waals surface area contributed by atoms with E-state index in [1.54, 1.807) is 31.2 Å². The Hall–Kier alpha value is -0.0900. The number of benzene rings is 1. The monoisotopic (exact) mass is 427 g/mol. The highest BCUT2D eigenvalue weighted by atomic mass is 33.2. The van der Waals surface area contributed by atoms with Crippen molar-refractivity contribution >= 4 is 55.5 Å². The van der Waals surface area contributed by atoms with Crippen molar-refractivity contribution in [1.29, 1.82) is 0 Å². The Morgan fingerprint density at radius 2 is 1.75 bits per heavy atom. The third-order valence-electron chi connectivity index (χ3n) is 3.51. The maximum absolute atomic E-state index is 13.0. The van der Waals surface area contributed by atoms with Gasteiger partial charge in [0.25, 0.3) is 0 Å². The average Bonchev–Trinajstić information content (AvgIpc) is 2.69. The van der Waals surface area contributed by atoms with Gasteiger partial charge in [-0.2, -0.15) is 0 Å². The summed E-state index contributed by atoms with van der Waals surface area (Å²) in [6, 6.07) is 9.00. The third-order valence-corrected chi connectivity index (χ3v) is 16.6. The normalized spacial score (nSPS) is 23.6. The molecule has 1 aliphatic rings. The molecule has 1 aromatic carbocycles. The minimum absolute atomic E-state index is 0.00742. The van der Waals surface area contributed by atoms with Crippen LogP contribution in [0.1, 0.15) is 12.5 Å². The summed E-state index contributed by atoms with van der Waals surface area (Å²) in [5.41, 5.74) is 0.745. The molecule has 1 heterocycles. The first kappa shape index (κ1) is 20.2. The maximum Gasteiger partial charge on any atom is 0.247 e. The highest BCUT2D eigenvalue weighted by molar-refractivity contribution is 8.99. The Balaban J connectivity index is 2.41. The molecule has 1 amide bonds. The number of carbonyl (C=O) groups is 1. The standard InChI is InChI=1S/C13H18NO5PS4/c1-10-12(15)14(9-11-7-5-4-6-8-11)24(16,17)13(10)20(21,22-18-2)23-19-3/h4-8,10,13H,9H2,1-3H3. The predicted molar refractivity (Wildman–Crippen MR) is 102 cm³/mol. The molecule has 6 nitrogen and oxygen atoms in total. The topological polar surface area (TPSA) is 72.9 Å². The van der Waals surface area contributed by atoms with Crippen LogP contribution in [0, 0.1) is 5.92 Å². The van der Waals surface area contributed by atoms with Gasteiger partial charge in [-0.05, 0) is 5.56 Å². The van der Waals surface area contributed by atoms with Crippen molar-refractivity contribution in [1.82, 2.24) is 4.31 Å². The van der Waals surface area contributed by atoms with Crippen LogP contribution in [0.4, 0.5) is 0 Å². The minimum Gasteiger partial charge on any atom is -0.313 e. The highest BCUT2D eigenvalue weighted by Crippen LogP contribution is 2.76. The second kappa shape index (κ2) is 8.07. The lowest BCUT2D eigenvalue weighted by molar-refractivity contribution is -0.128. The van der Waals surface area contributed by atoms with E-state index in [1.165, 1.54) is 14.2 Å². The van der Waals surface area contributed by atoms with Gasteiger partial charge in [-0.15, -0.1) is 0 Å². The molecule has 2 atom stereocenters. The number of carbonyl (C=O) groups excluding carboxylic acids is 1. The van der Waals surface area contributed by atoms with Gasteiger partial charge < -0.3 is 8.37 Å². The molecule has 0 radical (unpaired) electrons. The van der Waals surface area contributed by atoms with Crippen LogP contribution in [0.2, 0.25) is 0 Å². The van der Waals surface area contributed by atoms with Gasteiger partial charge in [-0.25, -0.2) is 12.7 Å². The van der Waals surface area contributed by atoms with Crippen LogP contribution >= 0.6 is 27.8 Å². The predicted octanol–water partition coefficient (Wildman–Crippen LogP) is 3.22. The van der Waals surface area contributed by atoms with Gasteiger partial charge in [0.2, 0.25) is 15.9 Å². The molecule has 0 spiro atoms. The summed E-state index contributed by atoms with van der Waals surface area (Å²) < 4.78 is 34.4. The summed E-state index contributed by atoms with van der Waals surface area (Å²) in [7, 11) is -1.04. The number of hydrogen-bond donors (Lipinski definition) is 0. The molecule has 1 fully saturated rings. The molecule has 134 valence electrons. The van der Waals surface area contributed by atoms with Crippen LogP contribution in [-0.2, 0) is 41.5 Å². The van der Waals surface area contributed by atoms with E-state index in [-0.39, 0.29) is 6.54 Å². The molecule has 0 saturated carbocycles. The lowest BCUT2D eigenvalue weighted by atomic mass is 10.2. The molecular formula is C13H18NO5PS4. The molecule has 2 unspecified atom stereocenters. The summed E-state index contributed by atoms with van der Waals surface area (Å²) in [5, 5.41) is 0. The summed E-state index contributed by atoms with van der Waals surface area (Å²) in [6.45, 7) is 1.61. The second-order valence-corrected chi connectivity index (χ2v) is 18.2. The van der Waals surface area contributed by atoms with Crippen molar-refractivity contribution in [2.45, 2.75) is 18.5 Å². The van der Waals surface area contributed by atoms with Crippen molar-refractivity contribution in [2.24, 2.45) is 5.92 Å². The molecule has 0 aliphatic carbocycles. The lowest BCUT2D eigenvalue weighted by Crippen LogP contribution is -2.31. The van der Waals surface area contributed by atoms with Crippen LogP contribution in [0.25, 0.3) is 0 Å². The number of sulfonamides is 1. The Morgan fingerprint density at radius 1 is 1.21 bits per heavy atom. The minimum atomic E-state index is -3.90. The second-order valence-electron chi connectivity index (χ2n) is 5.08. The van der Waals surface area contributed by atoms with Crippen molar-refractivity contribution in [3.05, 3.63) is 35.9 Å². The Kier molecular flexibility index (Phi) is 6.80. The van der Waals surface area contributed by atoms with Crippen molar-refractivity contribution in [3.63, 3.8) is 0 Å². The molecule has 24 heavy (non-hydrogen) atoms. The van der Waals surface area contributed by atoms with Crippen molar-refractivity contribution < 1.29 is 21.6 Å². The lowest BCUT2D eigenvalue weighted by Gasteiger charge is -2.25. The Labute approximate surface area is 155 Å². The molecule has 2 rings (SSSR count). The van der Waals surface area contributed by atoms with Gasteiger partial charge in [0.05, 0.1) is 26.7 Å². The number of rotatable bonds is 7. The van der Waals surface area contributed by atoms with Crippen LogP contribution < -0.4 is 0 Å². The van der Waals surface area contributed by atoms with E-state index in [4.69, 9.17) is 20.2 Å². The first-order chi connectivity index (χ1) is 11.3. The van der Waals surface area contributed by atoms with Crippen LogP contribution in [0.5, 0.6) is 0 Å². The zero-order valence-electron chi connectivity index (χ0n) is 13.3.